The standard InChI is InChI=1S/C16H20N2O2S/c1-18(15-13-4-2-3-5-14(13)17-21-15)12-6-8-16(9-7-12)19-10-11-20-16/h2-5,12H,6-11H2,1H3. The molecule has 0 atom stereocenters. The highest BCUT2D eigenvalue weighted by Crippen LogP contribution is 2.40. The summed E-state index contributed by atoms with van der Waals surface area (Å²) in [7, 11) is 2.19. The number of nitrogens with zero attached hydrogens (tertiary/aromatic N) is 2. The Morgan fingerprint density at radius 3 is 2.67 bits per heavy atom. The van der Waals surface area contributed by atoms with E-state index < -0.39 is 0 Å². The average Bonchev–Trinajstić information content (AvgIpc) is 3.15. The van der Waals surface area contributed by atoms with Gasteiger partial charge in [0.1, 0.15) is 5.00 Å². The molecule has 0 amide bonds. The Morgan fingerprint density at radius 2 is 1.90 bits per heavy atom. The van der Waals surface area contributed by atoms with Crippen LogP contribution in [0.1, 0.15) is 25.7 Å². The summed E-state index contributed by atoms with van der Waals surface area (Å²) in [5.41, 5.74) is 1.10. The molecule has 1 aromatic heterocycles. The van der Waals surface area contributed by atoms with Gasteiger partial charge in [-0.15, -0.1) is 0 Å². The first-order valence-corrected chi connectivity index (χ1v) is 8.40. The lowest BCUT2D eigenvalue weighted by molar-refractivity contribution is -0.178. The maximum Gasteiger partial charge on any atom is 0.168 e. The first-order chi connectivity index (χ1) is 10.3. The molecule has 0 N–H and O–H groups in total. The van der Waals surface area contributed by atoms with Gasteiger partial charge >= 0.3 is 0 Å². The van der Waals surface area contributed by atoms with E-state index in [0.717, 1.165) is 44.4 Å². The molecule has 0 bridgehead atoms. The van der Waals surface area contributed by atoms with Crippen LogP contribution in [0.15, 0.2) is 24.3 Å². The molecule has 2 aromatic rings. The molecule has 2 fully saturated rings. The number of ether oxygens (including phenoxy) is 2. The summed E-state index contributed by atoms with van der Waals surface area (Å²) in [4.78, 5) is 2.40. The summed E-state index contributed by atoms with van der Waals surface area (Å²) in [5.74, 6) is -0.271. The largest absolute Gasteiger partial charge is 0.362 e. The predicted octanol–water partition coefficient (Wildman–Crippen LogP) is 3.42. The Morgan fingerprint density at radius 1 is 1.19 bits per heavy atom. The van der Waals surface area contributed by atoms with Gasteiger partial charge in [0.2, 0.25) is 0 Å². The van der Waals surface area contributed by atoms with E-state index in [1.54, 1.807) is 11.5 Å². The van der Waals surface area contributed by atoms with Gasteiger partial charge in [-0.05, 0) is 36.5 Å². The van der Waals surface area contributed by atoms with Gasteiger partial charge in [0, 0.05) is 31.3 Å². The minimum absolute atomic E-state index is 0.271. The molecule has 4 nitrogen and oxygen atoms in total. The summed E-state index contributed by atoms with van der Waals surface area (Å²) in [6.45, 7) is 1.50. The van der Waals surface area contributed by atoms with Gasteiger partial charge in [-0.3, -0.25) is 0 Å². The molecule has 5 heteroatoms. The zero-order valence-corrected chi connectivity index (χ0v) is 13.1. The van der Waals surface area contributed by atoms with Gasteiger partial charge in [-0.2, -0.15) is 4.37 Å². The zero-order valence-electron chi connectivity index (χ0n) is 12.2. The summed E-state index contributed by atoms with van der Waals surface area (Å²) in [6, 6.07) is 8.93. The second kappa shape index (κ2) is 5.23. The number of hydrogen-bond acceptors (Lipinski definition) is 5. The first-order valence-electron chi connectivity index (χ1n) is 7.63. The van der Waals surface area contributed by atoms with Gasteiger partial charge in [-0.1, -0.05) is 12.1 Å². The average molecular weight is 304 g/mol. The lowest BCUT2D eigenvalue weighted by Crippen LogP contribution is -2.42. The monoisotopic (exact) mass is 304 g/mol. The van der Waals surface area contributed by atoms with Crippen LogP contribution >= 0.6 is 11.5 Å². The molecule has 1 saturated carbocycles. The molecule has 2 aliphatic rings. The SMILES string of the molecule is CN(c1snc2ccccc12)C1CCC2(CC1)OCCO2. The Bertz CT molecular complexity index is 626. The van der Waals surface area contributed by atoms with E-state index >= 15 is 0 Å². The van der Waals surface area contributed by atoms with Crippen molar-refractivity contribution in [3.63, 3.8) is 0 Å². The molecule has 4 rings (SSSR count). The van der Waals surface area contributed by atoms with Crippen LogP contribution in [0, 0.1) is 0 Å². The lowest BCUT2D eigenvalue weighted by atomic mass is 9.89. The Kier molecular flexibility index (Phi) is 3.36. The maximum atomic E-state index is 5.82. The van der Waals surface area contributed by atoms with Crippen LogP contribution in [0.2, 0.25) is 0 Å². The minimum atomic E-state index is -0.271. The van der Waals surface area contributed by atoms with E-state index in [2.05, 4.69) is 34.5 Å². The second-order valence-corrected chi connectivity index (χ2v) is 6.71. The van der Waals surface area contributed by atoms with E-state index in [9.17, 15) is 0 Å². The molecule has 0 radical (unpaired) electrons. The molecular formula is C16H20N2O2S. The topological polar surface area (TPSA) is 34.6 Å². The number of rotatable bonds is 2. The number of benzene rings is 1. The number of aromatic nitrogens is 1. The van der Waals surface area contributed by atoms with E-state index in [1.165, 1.54) is 10.4 Å². The minimum Gasteiger partial charge on any atom is -0.362 e. The molecule has 112 valence electrons. The quantitative estimate of drug-likeness (QED) is 0.851. The van der Waals surface area contributed by atoms with Gasteiger partial charge in [-0.25, -0.2) is 0 Å². The predicted molar refractivity (Wildman–Crippen MR) is 84.9 cm³/mol. The highest BCUT2D eigenvalue weighted by molar-refractivity contribution is 7.11. The Labute approximate surface area is 128 Å². The summed E-state index contributed by atoms with van der Waals surface area (Å²) >= 11 is 1.60. The molecule has 1 aliphatic carbocycles. The van der Waals surface area contributed by atoms with E-state index in [-0.39, 0.29) is 5.79 Å². The van der Waals surface area contributed by atoms with Crippen LogP contribution in [0.3, 0.4) is 0 Å². The third-order valence-electron chi connectivity index (χ3n) is 4.76. The second-order valence-electron chi connectivity index (χ2n) is 5.95. The number of hydrogen-bond donors (Lipinski definition) is 0. The van der Waals surface area contributed by atoms with Crippen molar-refractivity contribution in [1.82, 2.24) is 4.37 Å². The summed E-state index contributed by atoms with van der Waals surface area (Å²) in [5, 5.41) is 2.54. The molecule has 1 spiro atoms. The van der Waals surface area contributed by atoms with E-state index in [4.69, 9.17) is 9.47 Å². The van der Waals surface area contributed by atoms with Crippen LogP contribution in [0.25, 0.3) is 10.9 Å². The molecular weight excluding hydrogens is 284 g/mol. The normalized spacial score (nSPS) is 22.1. The van der Waals surface area contributed by atoms with Gasteiger partial charge in [0.15, 0.2) is 5.79 Å². The molecule has 1 aliphatic heterocycles. The van der Waals surface area contributed by atoms with Crippen molar-refractivity contribution in [1.29, 1.82) is 0 Å². The van der Waals surface area contributed by atoms with Gasteiger partial charge in [0.25, 0.3) is 0 Å². The first kappa shape index (κ1) is 13.5. The number of anilines is 1. The molecule has 0 unspecified atom stereocenters. The van der Waals surface area contributed by atoms with Crippen molar-refractivity contribution >= 4 is 27.4 Å². The van der Waals surface area contributed by atoms with E-state index in [0.29, 0.717) is 6.04 Å². The number of fused-ring (bicyclic) bond motifs is 1. The van der Waals surface area contributed by atoms with Crippen LogP contribution in [0.5, 0.6) is 0 Å². The smallest absolute Gasteiger partial charge is 0.168 e. The van der Waals surface area contributed by atoms with E-state index in [1.807, 2.05) is 6.07 Å². The van der Waals surface area contributed by atoms with Crippen molar-refractivity contribution in [3.8, 4) is 0 Å². The molecule has 1 aromatic carbocycles. The highest BCUT2D eigenvalue weighted by atomic mass is 32.1. The summed E-state index contributed by atoms with van der Waals surface area (Å²) in [6.07, 6.45) is 4.23. The van der Waals surface area contributed by atoms with Gasteiger partial charge < -0.3 is 14.4 Å². The Hall–Kier alpha value is -1.17. The van der Waals surface area contributed by atoms with Crippen LogP contribution in [-0.2, 0) is 9.47 Å². The maximum absolute atomic E-state index is 5.82. The fraction of sp³-hybridized carbons (Fsp3) is 0.562. The van der Waals surface area contributed by atoms with Crippen molar-refractivity contribution in [2.75, 3.05) is 25.2 Å². The fourth-order valence-corrected chi connectivity index (χ4v) is 4.40. The van der Waals surface area contributed by atoms with Gasteiger partial charge in [0.05, 0.1) is 18.7 Å². The van der Waals surface area contributed by atoms with Crippen LogP contribution < -0.4 is 4.90 Å². The van der Waals surface area contributed by atoms with Crippen LogP contribution in [-0.4, -0.2) is 36.5 Å². The Balaban J connectivity index is 1.52. The lowest BCUT2D eigenvalue weighted by Gasteiger charge is -2.39. The summed E-state index contributed by atoms with van der Waals surface area (Å²) < 4.78 is 16.2. The van der Waals surface area contributed by atoms with Crippen molar-refractivity contribution in [2.45, 2.75) is 37.5 Å². The van der Waals surface area contributed by atoms with Crippen LogP contribution in [0.4, 0.5) is 5.00 Å². The molecule has 21 heavy (non-hydrogen) atoms. The zero-order chi connectivity index (χ0) is 14.3. The molecule has 1 saturated heterocycles. The molecule has 2 heterocycles. The fourth-order valence-electron chi connectivity index (χ4n) is 3.51. The van der Waals surface area contributed by atoms with Crippen molar-refractivity contribution < 1.29 is 9.47 Å². The third kappa shape index (κ3) is 2.33. The highest BCUT2D eigenvalue weighted by Gasteiger charge is 2.41. The van der Waals surface area contributed by atoms with Crippen molar-refractivity contribution in [2.24, 2.45) is 0 Å². The third-order valence-corrected chi connectivity index (χ3v) is 5.73. The van der Waals surface area contributed by atoms with Crippen molar-refractivity contribution in [3.05, 3.63) is 24.3 Å².